The second-order valence-electron chi connectivity index (χ2n) is 5.20. The summed E-state index contributed by atoms with van der Waals surface area (Å²) in [5.41, 5.74) is 1.10. The first-order valence-corrected chi connectivity index (χ1v) is 7.03. The summed E-state index contributed by atoms with van der Waals surface area (Å²) < 4.78 is 5.41. The highest BCUT2D eigenvalue weighted by molar-refractivity contribution is 6.00. The Balaban J connectivity index is 1.80. The van der Waals surface area contributed by atoms with Gasteiger partial charge in [0.2, 0.25) is 0 Å². The number of rotatable bonds is 7. The van der Waals surface area contributed by atoms with Gasteiger partial charge in [-0.05, 0) is 37.3 Å². The number of urea groups is 1. The molecule has 21 heavy (non-hydrogen) atoms. The maximum atomic E-state index is 11.8. The molecule has 114 valence electrons. The van der Waals surface area contributed by atoms with Crippen LogP contribution in [0.2, 0.25) is 0 Å². The number of anilines is 1. The number of carboxylic acids is 1. The van der Waals surface area contributed by atoms with Crippen molar-refractivity contribution in [2.24, 2.45) is 5.92 Å². The average Bonchev–Trinajstić information content (AvgIpc) is 3.24. The van der Waals surface area contributed by atoms with Crippen molar-refractivity contribution in [2.45, 2.75) is 19.8 Å². The van der Waals surface area contributed by atoms with Crippen molar-refractivity contribution in [3.8, 4) is 0 Å². The molecule has 6 heteroatoms. The molecule has 0 aliphatic heterocycles. The van der Waals surface area contributed by atoms with Crippen LogP contribution in [0.25, 0.3) is 0 Å². The Kier molecular flexibility index (Phi) is 5.16. The standard InChI is InChI=1S/C15H20N2O4/c1-10-3-2-4-12(14(18)19)13(10)17-15(20)16-7-8-21-9-11-5-6-11/h2-4,11H,5-9H2,1H3,(H,18,19)(H2,16,17,20). The van der Waals surface area contributed by atoms with Crippen LogP contribution in [-0.2, 0) is 4.74 Å². The molecule has 6 nitrogen and oxygen atoms in total. The average molecular weight is 292 g/mol. The Bertz CT molecular complexity index is 526. The van der Waals surface area contributed by atoms with E-state index in [0.29, 0.717) is 30.3 Å². The summed E-state index contributed by atoms with van der Waals surface area (Å²) in [6.45, 7) is 3.36. The molecule has 1 saturated carbocycles. The number of benzene rings is 1. The fraction of sp³-hybridized carbons (Fsp3) is 0.467. The third kappa shape index (κ3) is 4.75. The van der Waals surface area contributed by atoms with Crippen LogP contribution < -0.4 is 10.6 Å². The number of ether oxygens (including phenoxy) is 1. The lowest BCUT2D eigenvalue weighted by molar-refractivity contribution is 0.0698. The maximum Gasteiger partial charge on any atom is 0.337 e. The topological polar surface area (TPSA) is 87.7 Å². The number of aryl methyl sites for hydroxylation is 1. The van der Waals surface area contributed by atoms with Gasteiger partial charge in [-0.25, -0.2) is 9.59 Å². The SMILES string of the molecule is Cc1cccc(C(=O)O)c1NC(=O)NCCOCC1CC1. The second kappa shape index (κ2) is 7.08. The molecule has 1 aromatic rings. The Morgan fingerprint density at radius 2 is 2.14 bits per heavy atom. The molecule has 1 fully saturated rings. The summed E-state index contributed by atoms with van der Waals surface area (Å²) in [7, 11) is 0. The number of amides is 2. The molecule has 0 unspecified atom stereocenters. The van der Waals surface area contributed by atoms with Gasteiger partial charge in [-0.2, -0.15) is 0 Å². The van der Waals surface area contributed by atoms with E-state index >= 15 is 0 Å². The Morgan fingerprint density at radius 1 is 1.38 bits per heavy atom. The summed E-state index contributed by atoms with van der Waals surface area (Å²) in [6.07, 6.45) is 2.47. The highest BCUT2D eigenvalue weighted by atomic mass is 16.5. The van der Waals surface area contributed by atoms with Gasteiger partial charge in [0.05, 0.1) is 17.9 Å². The molecule has 0 spiro atoms. The normalized spacial score (nSPS) is 13.8. The molecule has 2 rings (SSSR count). The Hall–Kier alpha value is -2.08. The molecule has 0 saturated heterocycles. The first kappa shape index (κ1) is 15.3. The number of para-hydroxylation sites is 1. The van der Waals surface area contributed by atoms with Gasteiger partial charge < -0.3 is 20.5 Å². The third-order valence-corrected chi connectivity index (χ3v) is 3.32. The largest absolute Gasteiger partial charge is 0.478 e. The first-order chi connectivity index (χ1) is 10.1. The molecule has 1 aliphatic rings. The van der Waals surface area contributed by atoms with Gasteiger partial charge >= 0.3 is 12.0 Å². The molecular weight excluding hydrogens is 272 g/mol. The van der Waals surface area contributed by atoms with Gasteiger partial charge in [0.1, 0.15) is 0 Å². The van der Waals surface area contributed by atoms with Crippen LogP contribution in [0.15, 0.2) is 18.2 Å². The molecule has 0 aromatic heterocycles. The summed E-state index contributed by atoms with van der Waals surface area (Å²) in [6, 6.07) is 4.43. The number of carbonyl (C=O) groups excluding carboxylic acids is 1. The second-order valence-corrected chi connectivity index (χ2v) is 5.20. The molecule has 1 aromatic carbocycles. The van der Waals surface area contributed by atoms with Gasteiger partial charge in [-0.1, -0.05) is 12.1 Å². The molecule has 0 atom stereocenters. The van der Waals surface area contributed by atoms with Crippen LogP contribution in [0.1, 0.15) is 28.8 Å². The number of carbonyl (C=O) groups is 2. The van der Waals surface area contributed by atoms with Crippen molar-refractivity contribution in [3.05, 3.63) is 29.3 Å². The molecule has 3 N–H and O–H groups in total. The number of aromatic carboxylic acids is 1. The van der Waals surface area contributed by atoms with Crippen LogP contribution in [0.3, 0.4) is 0 Å². The van der Waals surface area contributed by atoms with E-state index in [1.54, 1.807) is 19.1 Å². The van der Waals surface area contributed by atoms with E-state index in [1.165, 1.54) is 18.9 Å². The quantitative estimate of drug-likeness (QED) is 0.673. The zero-order valence-electron chi connectivity index (χ0n) is 12.0. The number of nitrogens with one attached hydrogen (secondary N) is 2. The van der Waals surface area contributed by atoms with Crippen molar-refractivity contribution >= 4 is 17.7 Å². The monoisotopic (exact) mass is 292 g/mol. The smallest absolute Gasteiger partial charge is 0.337 e. The predicted octanol–water partition coefficient (Wildman–Crippen LogP) is 2.24. The van der Waals surface area contributed by atoms with Gasteiger partial charge in [-0.15, -0.1) is 0 Å². The first-order valence-electron chi connectivity index (χ1n) is 7.03. The lowest BCUT2D eigenvalue weighted by Gasteiger charge is -2.12. The van der Waals surface area contributed by atoms with Gasteiger partial charge in [0.15, 0.2) is 0 Å². The maximum absolute atomic E-state index is 11.8. The van der Waals surface area contributed by atoms with E-state index < -0.39 is 12.0 Å². The van der Waals surface area contributed by atoms with Gasteiger partial charge in [-0.3, -0.25) is 0 Å². The van der Waals surface area contributed by atoms with E-state index in [0.717, 1.165) is 6.61 Å². The molecule has 1 aliphatic carbocycles. The highest BCUT2D eigenvalue weighted by Crippen LogP contribution is 2.28. The minimum atomic E-state index is -1.07. The van der Waals surface area contributed by atoms with Crippen LogP contribution >= 0.6 is 0 Å². The predicted molar refractivity (Wildman–Crippen MR) is 78.7 cm³/mol. The van der Waals surface area contributed by atoms with E-state index in [9.17, 15) is 9.59 Å². The molecule has 0 heterocycles. The van der Waals surface area contributed by atoms with Gasteiger partial charge in [0, 0.05) is 13.2 Å². The van der Waals surface area contributed by atoms with Crippen molar-refractivity contribution in [1.29, 1.82) is 0 Å². The van der Waals surface area contributed by atoms with Crippen molar-refractivity contribution in [3.63, 3.8) is 0 Å². The summed E-state index contributed by atoms with van der Waals surface area (Å²) in [4.78, 5) is 22.9. The van der Waals surface area contributed by atoms with Crippen LogP contribution in [0.4, 0.5) is 10.5 Å². The van der Waals surface area contributed by atoms with Gasteiger partial charge in [0.25, 0.3) is 0 Å². The third-order valence-electron chi connectivity index (χ3n) is 3.32. The van der Waals surface area contributed by atoms with Crippen LogP contribution in [0.5, 0.6) is 0 Å². The fourth-order valence-electron chi connectivity index (χ4n) is 1.94. The zero-order chi connectivity index (χ0) is 15.2. The van der Waals surface area contributed by atoms with E-state index in [-0.39, 0.29) is 5.56 Å². The molecule has 2 amide bonds. The van der Waals surface area contributed by atoms with Crippen molar-refractivity contribution in [2.75, 3.05) is 25.1 Å². The summed E-state index contributed by atoms with van der Waals surface area (Å²) >= 11 is 0. The van der Waals surface area contributed by atoms with Crippen molar-refractivity contribution in [1.82, 2.24) is 5.32 Å². The lowest BCUT2D eigenvalue weighted by atomic mass is 10.1. The van der Waals surface area contributed by atoms with E-state index in [4.69, 9.17) is 9.84 Å². The van der Waals surface area contributed by atoms with Crippen LogP contribution in [-0.4, -0.2) is 36.9 Å². The molecular formula is C15H20N2O4. The Morgan fingerprint density at radius 3 is 2.81 bits per heavy atom. The number of hydrogen-bond donors (Lipinski definition) is 3. The lowest BCUT2D eigenvalue weighted by Crippen LogP contribution is -2.32. The zero-order valence-corrected chi connectivity index (χ0v) is 12.0. The van der Waals surface area contributed by atoms with E-state index in [1.807, 2.05) is 0 Å². The van der Waals surface area contributed by atoms with Crippen LogP contribution in [0, 0.1) is 12.8 Å². The van der Waals surface area contributed by atoms with Crippen molar-refractivity contribution < 1.29 is 19.4 Å². The molecule has 0 bridgehead atoms. The number of carboxylic acid groups (broad SMARTS) is 1. The Labute approximate surface area is 123 Å². The van der Waals surface area contributed by atoms with E-state index in [2.05, 4.69) is 10.6 Å². The molecule has 0 radical (unpaired) electrons. The summed E-state index contributed by atoms with van der Waals surface area (Å²) in [5, 5.41) is 14.4. The minimum Gasteiger partial charge on any atom is -0.478 e. The summed E-state index contributed by atoms with van der Waals surface area (Å²) in [5.74, 6) is -0.370. The minimum absolute atomic E-state index is 0.0788. The fourth-order valence-corrected chi connectivity index (χ4v) is 1.94. The number of hydrogen-bond acceptors (Lipinski definition) is 3. The highest BCUT2D eigenvalue weighted by Gasteiger charge is 2.21.